The fraction of sp³-hybridized carbons (Fsp3) is 0.312. The van der Waals surface area contributed by atoms with Crippen LogP contribution in [0.25, 0.3) is 5.69 Å². The predicted molar refractivity (Wildman–Crippen MR) is 82.2 cm³/mol. The third-order valence-electron chi connectivity index (χ3n) is 3.44. The van der Waals surface area contributed by atoms with Crippen LogP contribution in [-0.2, 0) is 4.79 Å². The number of carboxylic acids is 1. The van der Waals surface area contributed by atoms with Crippen molar-refractivity contribution in [2.45, 2.75) is 26.7 Å². The number of carboxylic acid groups (broad SMARTS) is 1. The number of benzene rings is 1. The molecule has 0 aliphatic carbocycles. The molecule has 2 aromatic rings. The van der Waals surface area contributed by atoms with Gasteiger partial charge in [-0.05, 0) is 44.5 Å². The first-order valence-electron chi connectivity index (χ1n) is 7.22. The number of aliphatic carboxylic acids is 1. The van der Waals surface area contributed by atoms with Crippen LogP contribution < -0.4 is 5.32 Å². The van der Waals surface area contributed by atoms with Gasteiger partial charge in [0.25, 0.3) is 5.91 Å². The Bertz CT molecular complexity index is 723. The van der Waals surface area contributed by atoms with Gasteiger partial charge in [-0.3, -0.25) is 9.59 Å². The van der Waals surface area contributed by atoms with Crippen molar-refractivity contribution < 1.29 is 19.1 Å². The maximum atomic E-state index is 13.0. The van der Waals surface area contributed by atoms with E-state index in [1.54, 1.807) is 30.7 Å². The summed E-state index contributed by atoms with van der Waals surface area (Å²) in [5.41, 5.74) is 2.31. The van der Waals surface area contributed by atoms with Crippen molar-refractivity contribution in [3.63, 3.8) is 0 Å². The van der Waals surface area contributed by atoms with Crippen molar-refractivity contribution in [1.29, 1.82) is 0 Å². The van der Waals surface area contributed by atoms with E-state index < -0.39 is 5.97 Å². The van der Waals surface area contributed by atoms with Crippen LogP contribution in [0, 0.1) is 19.7 Å². The summed E-state index contributed by atoms with van der Waals surface area (Å²) in [4.78, 5) is 22.7. The molecule has 2 rings (SSSR count). The number of amides is 1. The highest BCUT2D eigenvalue weighted by atomic mass is 19.1. The third-order valence-corrected chi connectivity index (χ3v) is 3.44. The lowest BCUT2D eigenvalue weighted by atomic mass is 10.1. The van der Waals surface area contributed by atoms with Crippen molar-refractivity contribution in [3.05, 3.63) is 47.0 Å². The fourth-order valence-corrected chi connectivity index (χ4v) is 2.33. The lowest BCUT2D eigenvalue weighted by molar-refractivity contribution is -0.137. The molecule has 1 aromatic carbocycles. The first-order valence-corrected chi connectivity index (χ1v) is 7.22. The van der Waals surface area contributed by atoms with E-state index in [2.05, 4.69) is 10.4 Å². The highest BCUT2D eigenvalue weighted by molar-refractivity contribution is 5.96. The molecule has 2 N–H and O–H groups in total. The molecule has 0 saturated carbocycles. The van der Waals surface area contributed by atoms with Gasteiger partial charge in [0.2, 0.25) is 0 Å². The van der Waals surface area contributed by atoms with E-state index in [0.717, 1.165) is 0 Å². The van der Waals surface area contributed by atoms with Gasteiger partial charge in [0, 0.05) is 13.0 Å². The fourth-order valence-electron chi connectivity index (χ4n) is 2.33. The van der Waals surface area contributed by atoms with Crippen LogP contribution in [0.15, 0.2) is 24.3 Å². The van der Waals surface area contributed by atoms with Crippen LogP contribution in [0.5, 0.6) is 0 Å². The summed E-state index contributed by atoms with van der Waals surface area (Å²) < 4.78 is 14.6. The van der Waals surface area contributed by atoms with Gasteiger partial charge in [-0.1, -0.05) is 0 Å². The average Bonchev–Trinajstić information content (AvgIpc) is 2.79. The molecular formula is C16H18FN3O3. The van der Waals surface area contributed by atoms with E-state index in [9.17, 15) is 14.0 Å². The number of halogens is 1. The van der Waals surface area contributed by atoms with Gasteiger partial charge in [0.05, 0.1) is 22.6 Å². The normalized spacial score (nSPS) is 10.6. The summed E-state index contributed by atoms with van der Waals surface area (Å²) >= 11 is 0. The number of hydrogen-bond donors (Lipinski definition) is 2. The summed E-state index contributed by atoms with van der Waals surface area (Å²) in [5, 5.41) is 15.6. The zero-order valence-corrected chi connectivity index (χ0v) is 13.0. The van der Waals surface area contributed by atoms with Crippen LogP contribution in [-0.4, -0.2) is 33.3 Å². The lowest BCUT2D eigenvalue weighted by Crippen LogP contribution is -2.26. The van der Waals surface area contributed by atoms with Crippen LogP contribution in [0.4, 0.5) is 4.39 Å². The molecule has 0 aliphatic heterocycles. The van der Waals surface area contributed by atoms with Gasteiger partial charge in [-0.15, -0.1) is 0 Å². The topological polar surface area (TPSA) is 84.2 Å². The number of nitrogens with zero attached hydrogens (tertiary/aromatic N) is 2. The smallest absolute Gasteiger partial charge is 0.303 e. The second kappa shape index (κ2) is 7.04. The molecule has 0 spiro atoms. The third kappa shape index (κ3) is 3.94. The molecule has 0 unspecified atom stereocenters. The van der Waals surface area contributed by atoms with Gasteiger partial charge in [-0.2, -0.15) is 5.10 Å². The van der Waals surface area contributed by atoms with E-state index in [4.69, 9.17) is 5.11 Å². The van der Waals surface area contributed by atoms with Crippen LogP contribution in [0.3, 0.4) is 0 Å². The standard InChI is InChI=1S/C16H18FN3O3/c1-10-15(16(23)18-9-3-4-14(21)22)11(2)20(19-10)13-7-5-12(17)6-8-13/h5-8H,3-4,9H2,1-2H3,(H,18,23)(H,21,22). The Labute approximate surface area is 132 Å². The number of aryl methyl sites for hydroxylation is 1. The van der Waals surface area contributed by atoms with Crippen molar-refractivity contribution in [2.75, 3.05) is 6.54 Å². The highest BCUT2D eigenvalue weighted by Crippen LogP contribution is 2.18. The van der Waals surface area contributed by atoms with Gasteiger partial charge in [-0.25, -0.2) is 9.07 Å². The molecule has 23 heavy (non-hydrogen) atoms. The number of carbonyl (C=O) groups is 2. The lowest BCUT2D eigenvalue weighted by Gasteiger charge is -2.06. The van der Waals surface area contributed by atoms with Crippen LogP contribution >= 0.6 is 0 Å². The molecule has 7 heteroatoms. The summed E-state index contributed by atoms with van der Waals surface area (Å²) in [6.07, 6.45) is 0.373. The monoisotopic (exact) mass is 319 g/mol. The molecule has 1 aromatic heterocycles. The van der Waals surface area contributed by atoms with Gasteiger partial charge < -0.3 is 10.4 Å². The van der Waals surface area contributed by atoms with E-state index in [-0.39, 0.29) is 24.7 Å². The maximum absolute atomic E-state index is 13.0. The second-order valence-corrected chi connectivity index (χ2v) is 5.19. The molecule has 0 saturated heterocycles. The maximum Gasteiger partial charge on any atom is 0.303 e. The molecule has 0 atom stereocenters. The van der Waals surface area contributed by atoms with E-state index in [1.165, 1.54) is 12.1 Å². The Hall–Kier alpha value is -2.70. The summed E-state index contributed by atoms with van der Waals surface area (Å²) in [5.74, 6) is -1.53. The zero-order valence-electron chi connectivity index (χ0n) is 13.0. The van der Waals surface area contributed by atoms with Crippen molar-refractivity contribution in [1.82, 2.24) is 15.1 Å². The van der Waals surface area contributed by atoms with Crippen molar-refractivity contribution in [2.24, 2.45) is 0 Å². The van der Waals surface area contributed by atoms with Gasteiger partial charge in [0.15, 0.2) is 0 Å². The molecule has 0 aliphatic rings. The van der Waals surface area contributed by atoms with E-state index >= 15 is 0 Å². The predicted octanol–water partition coefficient (Wildman–Crippen LogP) is 2.22. The van der Waals surface area contributed by atoms with E-state index in [0.29, 0.717) is 29.1 Å². The minimum atomic E-state index is -0.893. The Balaban J connectivity index is 2.15. The quantitative estimate of drug-likeness (QED) is 0.800. The Morgan fingerprint density at radius 1 is 1.26 bits per heavy atom. The molecule has 0 bridgehead atoms. The van der Waals surface area contributed by atoms with Crippen molar-refractivity contribution in [3.8, 4) is 5.69 Å². The molecule has 1 heterocycles. The number of hydrogen-bond acceptors (Lipinski definition) is 3. The SMILES string of the molecule is Cc1nn(-c2ccc(F)cc2)c(C)c1C(=O)NCCCC(=O)O. The van der Waals surface area contributed by atoms with Crippen LogP contribution in [0.1, 0.15) is 34.6 Å². The van der Waals surface area contributed by atoms with Gasteiger partial charge in [0.1, 0.15) is 5.82 Å². The van der Waals surface area contributed by atoms with E-state index in [1.807, 2.05) is 0 Å². The average molecular weight is 319 g/mol. The molecule has 1 amide bonds. The van der Waals surface area contributed by atoms with Gasteiger partial charge >= 0.3 is 5.97 Å². The molecule has 122 valence electrons. The zero-order chi connectivity index (χ0) is 17.0. The first kappa shape index (κ1) is 16.7. The van der Waals surface area contributed by atoms with Crippen molar-refractivity contribution >= 4 is 11.9 Å². The first-order chi connectivity index (χ1) is 10.9. The second-order valence-electron chi connectivity index (χ2n) is 5.19. The Kier molecular flexibility index (Phi) is 5.10. The van der Waals surface area contributed by atoms with Crippen LogP contribution in [0.2, 0.25) is 0 Å². The number of rotatable bonds is 6. The molecular weight excluding hydrogens is 301 g/mol. The number of carbonyl (C=O) groups excluding carboxylic acids is 1. The summed E-state index contributed by atoms with van der Waals surface area (Å²) in [6.45, 7) is 3.76. The summed E-state index contributed by atoms with van der Waals surface area (Å²) in [7, 11) is 0. The largest absolute Gasteiger partial charge is 0.481 e. The minimum Gasteiger partial charge on any atom is -0.481 e. The number of nitrogens with one attached hydrogen (secondary N) is 1. The highest BCUT2D eigenvalue weighted by Gasteiger charge is 2.19. The molecule has 6 nitrogen and oxygen atoms in total. The minimum absolute atomic E-state index is 0.00703. The molecule has 0 fully saturated rings. The Morgan fingerprint density at radius 3 is 2.52 bits per heavy atom. The summed E-state index contributed by atoms with van der Waals surface area (Å²) in [6, 6.07) is 5.83. The number of aromatic nitrogens is 2. The molecule has 0 radical (unpaired) electrons. The Morgan fingerprint density at radius 2 is 1.91 bits per heavy atom.